The number of carboxylic acid groups (broad SMARTS) is 1. The van der Waals surface area contributed by atoms with Crippen molar-refractivity contribution in [3.05, 3.63) is 83.9 Å². The maximum atomic E-state index is 13.7. The molecule has 11 nitrogen and oxygen atoms in total. The molecule has 0 bridgehead atoms. The van der Waals surface area contributed by atoms with E-state index in [0.717, 1.165) is 29.5 Å². The quantitative estimate of drug-likeness (QED) is 0.139. The first kappa shape index (κ1) is 38.0. The zero-order valence-corrected chi connectivity index (χ0v) is 26.9. The Kier molecular flexibility index (Phi) is 13.5. The number of sulfone groups is 1. The summed E-state index contributed by atoms with van der Waals surface area (Å²) >= 11 is 0. The molecule has 15 heteroatoms. The maximum absolute atomic E-state index is 13.7. The lowest BCUT2D eigenvalue weighted by atomic mass is 9.95. The zero-order valence-electron chi connectivity index (χ0n) is 26.1. The van der Waals surface area contributed by atoms with Crippen molar-refractivity contribution in [1.29, 1.82) is 5.26 Å². The number of aliphatic carboxylic acids is 1. The summed E-state index contributed by atoms with van der Waals surface area (Å²) in [6, 6.07) is 24.0. The number of methoxy groups -OCH3 is 1. The molecule has 0 aliphatic carbocycles. The molecule has 0 atom stereocenters. The second-order valence-corrected chi connectivity index (χ2v) is 13.1. The van der Waals surface area contributed by atoms with Crippen LogP contribution in [0.3, 0.4) is 0 Å². The highest BCUT2D eigenvalue weighted by Gasteiger charge is 2.52. The van der Waals surface area contributed by atoms with Crippen molar-refractivity contribution in [3.63, 3.8) is 0 Å². The topological polar surface area (TPSA) is 166 Å². The van der Waals surface area contributed by atoms with Gasteiger partial charge in [-0.25, -0.2) is 18.7 Å². The largest absolute Gasteiger partial charge is 0.494 e. The van der Waals surface area contributed by atoms with Gasteiger partial charge in [-0.2, -0.15) is 18.4 Å². The van der Waals surface area contributed by atoms with E-state index >= 15 is 0 Å². The number of benzene rings is 3. The second-order valence-electron chi connectivity index (χ2n) is 10.9. The third-order valence-corrected chi connectivity index (χ3v) is 10.3. The van der Waals surface area contributed by atoms with Gasteiger partial charge in [0.15, 0.2) is 14.6 Å². The van der Waals surface area contributed by atoms with Gasteiger partial charge in [-0.3, -0.25) is 10.0 Å². The predicted octanol–water partition coefficient (Wildman–Crippen LogP) is 4.63. The monoisotopic (exact) mass is 691 g/mol. The van der Waals surface area contributed by atoms with Gasteiger partial charge >= 0.3 is 12.1 Å². The van der Waals surface area contributed by atoms with E-state index in [0.29, 0.717) is 44.2 Å². The molecule has 1 aliphatic heterocycles. The molecule has 0 aromatic heterocycles. The maximum Gasteiger partial charge on any atom is 0.490 e. The van der Waals surface area contributed by atoms with E-state index in [2.05, 4.69) is 18.2 Å². The average Bonchev–Trinajstić information content (AvgIpc) is 3.09. The number of nitriles is 1. The molecule has 1 amide bonds. The molecule has 3 N–H and O–H groups in total. The summed E-state index contributed by atoms with van der Waals surface area (Å²) in [4.78, 5) is 23.6. The van der Waals surface area contributed by atoms with Crippen LogP contribution in [0.5, 0.6) is 5.75 Å². The first-order valence-electron chi connectivity index (χ1n) is 14.8. The van der Waals surface area contributed by atoms with Gasteiger partial charge in [0.25, 0.3) is 5.91 Å². The van der Waals surface area contributed by atoms with Crippen LogP contribution in [0, 0.1) is 11.3 Å². The highest BCUT2D eigenvalue weighted by molar-refractivity contribution is 7.93. The molecule has 48 heavy (non-hydrogen) atoms. The molecule has 0 radical (unpaired) electrons. The fourth-order valence-electron chi connectivity index (χ4n) is 5.13. The van der Waals surface area contributed by atoms with Crippen molar-refractivity contribution in [3.8, 4) is 22.9 Å². The van der Waals surface area contributed by atoms with Gasteiger partial charge in [0, 0.05) is 26.7 Å². The van der Waals surface area contributed by atoms with E-state index in [1.54, 1.807) is 36.9 Å². The predicted molar refractivity (Wildman–Crippen MR) is 168 cm³/mol. The molecule has 1 fully saturated rings. The first-order valence-corrected chi connectivity index (χ1v) is 16.3. The number of nitrogens with zero attached hydrogens (tertiary/aromatic N) is 2. The van der Waals surface area contributed by atoms with Crippen LogP contribution >= 0.6 is 0 Å². The smallest absolute Gasteiger partial charge is 0.490 e. The van der Waals surface area contributed by atoms with Crippen molar-refractivity contribution >= 4 is 21.7 Å². The summed E-state index contributed by atoms with van der Waals surface area (Å²) in [5.74, 6) is -3.13. The van der Waals surface area contributed by atoms with Gasteiger partial charge in [-0.1, -0.05) is 36.4 Å². The van der Waals surface area contributed by atoms with Crippen LogP contribution in [0.1, 0.15) is 30.4 Å². The van der Waals surface area contributed by atoms with Crippen molar-refractivity contribution in [2.45, 2.75) is 41.5 Å². The number of piperidine rings is 1. The second kappa shape index (κ2) is 17.1. The molecule has 0 spiro atoms. The van der Waals surface area contributed by atoms with Crippen LogP contribution in [0.2, 0.25) is 0 Å². The number of hydrogen-bond donors (Lipinski definition) is 3. The highest BCUT2D eigenvalue weighted by Crippen LogP contribution is 2.36. The lowest BCUT2D eigenvalue weighted by molar-refractivity contribution is -0.192. The van der Waals surface area contributed by atoms with Crippen LogP contribution in [0.25, 0.3) is 11.1 Å². The number of carbonyl (C=O) groups is 2. The Balaban J connectivity index is 0.000000804. The van der Waals surface area contributed by atoms with Gasteiger partial charge in [0.05, 0.1) is 29.7 Å². The first-order chi connectivity index (χ1) is 22.8. The number of alkyl halides is 3. The summed E-state index contributed by atoms with van der Waals surface area (Å²) in [6.45, 7) is 2.39. The van der Waals surface area contributed by atoms with Crippen molar-refractivity contribution in [2.24, 2.45) is 0 Å². The molecular formula is C33H36F3N3O8S. The van der Waals surface area contributed by atoms with Crippen molar-refractivity contribution in [1.82, 2.24) is 10.4 Å². The number of halogens is 3. The average molecular weight is 692 g/mol. The van der Waals surface area contributed by atoms with Gasteiger partial charge in [-0.05, 0) is 78.8 Å². The SMILES string of the molecule is COCCN1CCC(C(=O)NO)(S(=O)(=O)c2ccc(OCCCc3cccc(-c4ccc(C#N)cc4)c3)cc2)CC1.O=C(O)C(F)(F)F. The number of hydrogen-bond acceptors (Lipinski definition) is 9. The Bertz CT molecular complexity index is 1670. The van der Waals surface area contributed by atoms with Crippen molar-refractivity contribution < 1.29 is 51.0 Å². The van der Waals surface area contributed by atoms with Gasteiger partial charge in [-0.15, -0.1) is 0 Å². The van der Waals surface area contributed by atoms with E-state index in [4.69, 9.17) is 24.6 Å². The zero-order chi connectivity index (χ0) is 35.4. The van der Waals surface area contributed by atoms with E-state index in [9.17, 15) is 31.6 Å². The molecule has 3 aromatic rings. The fraction of sp³-hybridized carbons (Fsp3) is 0.364. The number of carboxylic acids is 1. The van der Waals surface area contributed by atoms with E-state index in [1.165, 1.54) is 12.1 Å². The van der Waals surface area contributed by atoms with Gasteiger partial charge in [0.1, 0.15) is 5.75 Å². The Morgan fingerprint density at radius 1 is 1.00 bits per heavy atom. The Morgan fingerprint density at radius 2 is 1.62 bits per heavy atom. The summed E-state index contributed by atoms with van der Waals surface area (Å²) in [5, 5.41) is 25.5. The molecule has 1 heterocycles. The van der Waals surface area contributed by atoms with Crippen LogP contribution in [-0.4, -0.2) is 86.4 Å². The molecule has 1 saturated heterocycles. The third-order valence-electron chi connectivity index (χ3n) is 7.83. The third kappa shape index (κ3) is 9.77. The molecule has 258 valence electrons. The van der Waals surface area contributed by atoms with Crippen LogP contribution in [-0.2, 0) is 30.6 Å². The van der Waals surface area contributed by atoms with Crippen LogP contribution in [0.4, 0.5) is 13.2 Å². The van der Waals surface area contributed by atoms with E-state index < -0.39 is 32.6 Å². The molecular weight excluding hydrogens is 655 g/mol. The van der Waals surface area contributed by atoms with Crippen LogP contribution < -0.4 is 10.2 Å². The number of hydroxylamine groups is 1. The van der Waals surface area contributed by atoms with E-state index in [1.807, 2.05) is 29.2 Å². The lowest BCUT2D eigenvalue weighted by Crippen LogP contribution is -2.57. The number of amides is 1. The Labute approximate surface area is 276 Å². The van der Waals surface area contributed by atoms with Gasteiger partial charge < -0.3 is 19.5 Å². The molecule has 4 rings (SSSR count). The minimum atomic E-state index is -5.08. The van der Waals surface area contributed by atoms with Gasteiger partial charge in [0.2, 0.25) is 0 Å². The highest BCUT2D eigenvalue weighted by atomic mass is 32.2. The summed E-state index contributed by atoms with van der Waals surface area (Å²) in [5.41, 5.74) is 5.51. The molecule has 3 aromatic carbocycles. The Morgan fingerprint density at radius 3 is 2.17 bits per heavy atom. The lowest BCUT2D eigenvalue weighted by Gasteiger charge is -2.39. The summed E-state index contributed by atoms with van der Waals surface area (Å²) in [7, 11) is -2.49. The van der Waals surface area contributed by atoms with E-state index in [-0.39, 0.29) is 17.7 Å². The Hall–Kier alpha value is -4.49. The standard InChI is InChI=1S/C31H35N3O6S.C2HF3O2/c1-39-21-19-34-17-15-31(16-18-34,30(35)33-36)41(37,38)29-13-11-28(12-14-29)40-20-3-5-24-4-2-6-27(22-24)26-9-7-25(23-32)8-10-26;3-2(4,5)1(6)7/h2,4,6-14,22,36H,3,5,15-21H2,1H3,(H,33,35);(H,6,7). The number of carbonyl (C=O) groups excluding carboxylic acids is 1. The molecule has 0 unspecified atom stereocenters. The summed E-state index contributed by atoms with van der Waals surface area (Å²) in [6.07, 6.45) is -3.39. The number of likely N-dealkylation sites (tertiary alicyclic amines) is 1. The number of nitrogens with one attached hydrogen (secondary N) is 1. The molecule has 0 saturated carbocycles. The number of aryl methyl sites for hydroxylation is 1. The fourth-order valence-corrected chi connectivity index (χ4v) is 7.08. The van der Waals surface area contributed by atoms with Crippen LogP contribution in [0.15, 0.2) is 77.7 Å². The molecule has 1 aliphatic rings. The minimum Gasteiger partial charge on any atom is -0.494 e. The van der Waals surface area contributed by atoms with Crippen molar-refractivity contribution in [2.75, 3.05) is 40.0 Å². The number of rotatable bonds is 12. The number of ether oxygens (including phenoxy) is 2. The summed E-state index contributed by atoms with van der Waals surface area (Å²) < 4.78 is 68.2. The normalized spacial score (nSPS) is 14.6. The minimum absolute atomic E-state index is 0.0124.